The molecule has 0 fully saturated rings. The van der Waals surface area contributed by atoms with Gasteiger partial charge >= 0.3 is 0 Å². The molecule has 0 unspecified atom stereocenters. The van der Waals surface area contributed by atoms with Gasteiger partial charge in [0.2, 0.25) is 0 Å². The van der Waals surface area contributed by atoms with Gasteiger partial charge in [-0.05, 0) is 6.20 Å². The number of aliphatic hydroxyl groups excluding tert-OH is 1. The van der Waals surface area contributed by atoms with E-state index in [1.54, 1.807) is 0 Å². The minimum absolute atomic E-state index is 0.0808. The summed E-state index contributed by atoms with van der Waals surface area (Å²) in [6.45, 7) is 3.30. The fourth-order valence-electron chi connectivity index (χ4n) is 0.278. The molecular formula is C5H10N2O. The zero-order valence-electron chi connectivity index (χ0n) is 4.59. The zero-order chi connectivity index (χ0) is 6.41. The minimum Gasteiger partial charge on any atom is -0.403 e. The van der Waals surface area contributed by atoms with Crippen LogP contribution in [0, 0.1) is 0 Å². The van der Waals surface area contributed by atoms with Gasteiger partial charge in [0.25, 0.3) is 0 Å². The minimum atomic E-state index is -0.0808. The van der Waals surface area contributed by atoms with Crippen LogP contribution in [0.3, 0.4) is 0 Å². The topological polar surface area (TPSA) is 58.3 Å². The van der Waals surface area contributed by atoms with Crippen molar-refractivity contribution >= 4 is 0 Å². The maximum atomic E-state index is 8.40. The van der Waals surface area contributed by atoms with E-state index in [1.165, 1.54) is 12.4 Å². The molecule has 46 valence electrons. The van der Waals surface area contributed by atoms with E-state index in [0.717, 1.165) is 0 Å². The molecule has 4 N–H and O–H groups in total. The van der Waals surface area contributed by atoms with Gasteiger partial charge in [-0.15, -0.1) is 0 Å². The Hall–Kier alpha value is -0.960. The highest BCUT2D eigenvalue weighted by Gasteiger charge is 1.84. The van der Waals surface area contributed by atoms with Gasteiger partial charge < -0.3 is 16.2 Å². The maximum absolute atomic E-state index is 8.40. The van der Waals surface area contributed by atoms with Crippen molar-refractivity contribution in [2.24, 2.45) is 5.73 Å². The van der Waals surface area contributed by atoms with Gasteiger partial charge in [-0.2, -0.15) is 0 Å². The van der Waals surface area contributed by atoms with Gasteiger partial charge in [0.05, 0.1) is 12.3 Å². The van der Waals surface area contributed by atoms with Crippen LogP contribution in [0.5, 0.6) is 0 Å². The summed E-state index contributed by atoms with van der Waals surface area (Å²) < 4.78 is 0. The highest BCUT2D eigenvalue weighted by Crippen LogP contribution is 1.79. The molecule has 0 aliphatic heterocycles. The SMILES string of the molecule is C=CNC(=CN)CO. The lowest BCUT2D eigenvalue weighted by molar-refractivity contribution is 0.325. The molecule has 0 amide bonds. The van der Waals surface area contributed by atoms with Crippen molar-refractivity contribution in [2.45, 2.75) is 0 Å². The predicted molar refractivity (Wildman–Crippen MR) is 32.7 cm³/mol. The highest BCUT2D eigenvalue weighted by molar-refractivity contribution is 4.99. The molecule has 0 aromatic carbocycles. The molecule has 0 atom stereocenters. The summed E-state index contributed by atoms with van der Waals surface area (Å²) in [6, 6.07) is 0. The molecule has 0 rings (SSSR count). The van der Waals surface area contributed by atoms with E-state index in [1.807, 2.05) is 0 Å². The standard InChI is InChI=1S/C5H10N2O/c1-2-7-5(3-6)4-8/h2-3,7-8H,1,4,6H2. The smallest absolute Gasteiger partial charge is 0.0845 e. The Balaban J connectivity index is 3.53. The third-order valence-corrected chi connectivity index (χ3v) is 0.659. The lowest BCUT2D eigenvalue weighted by atomic mass is 10.5. The Morgan fingerprint density at radius 3 is 2.62 bits per heavy atom. The normalized spacial score (nSPS) is 10.9. The molecule has 0 saturated heterocycles. The number of hydrogen-bond acceptors (Lipinski definition) is 3. The van der Waals surface area contributed by atoms with E-state index in [4.69, 9.17) is 10.8 Å². The van der Waals surface area contributed by atoms with Crippen LogP contribution in [0.4, 0.5) is 0 Å². The fourth-order valence-corrected chi connectivity index (χ4v) is 0.278. The van der Waals surface area contributed by atoms with Crippen LogP contribution < -0.4 is 11.1 Å². The fraction of sp³-hybridized carbons (Fsp3) is 0.200. The summed E-state index contributed by atoms with van der Waals surface area (Å²) in [7, 11) is 0. The predicted octanol–water partition coefficient (Wildman–Crippen LogP) is -0.488. The van der Waals surface area contributed by atoms with Gasteiger partial charge in [-0.3, -0.25) is 0 Å². The van der Waals surface area contributed by atoms with Crippen LogP contribution in [0.25, 0.3) is 0 Å². The van der Waals surface area contributed by atoms with Crippen LogP contribution in [-0.4, -0.2) is 11.7 Å². The van der Waals surface area contributed by atoms with Gasteiger partial charge in [0, 0.05) is 6.20 Å². The monoisotopic (exact) mass is 114 g/mol. The van der Waals surface area contributed by atoms with Crippen molar-refractivity contribution in [2.75, 3.05) is 6.61 Å². The summed E-state index contributed by atoms with van der Waals surface area (Å²) in [5.74, 6) is 0. The van der Waals surface area contributed by atoms with Crippen LogP contribution in [0.1, 0.15) is 0 Å². The molecule has 0 saturated carbocycles. The van der Waals surface area contributed by atoms with Crippen molar-refractivity contribution in [3.05, 3.63) is 24.7 Å². The van der Waals surface area contributed by atoms with Gasteiger partial charge in [-0.25, -0.2) is 0 Å². The van der Waals surface area contributed by atoms with Crippen LogP contribution in [-0.2, 0) is 0 Å². The zero-order valence-corrected chi connectivity index (χ0v) is 4.59. The molecule has 0 aliphatic rings. The molecule has 0 aromatic heterocycles. The average molecular weight is 114 g/mol. The van der Waals surface area contributed by atoms with Gasteiger partial charge in [-0.1, -0.05) is 6.58 Å². The Labute approximate surface area is 48.5 Å². The first-order chi connectivity index (χ1) is 3.85. The molecule has 0 aromatic rings. The van der Waals surface area contributed by atoms with Crippen molar-refractivity contribution in [3.8, 4) is 0 Å². The number of rotatable bonds is 3. The number of hydrogen-bond donors (Lipinski definition) is 3. The number of nitrogens with one attached hydrogen (secondary N) is 1. The van der Waals surface area contributed by atoms with Crippen LogP contribution >= 0.6 is 0 Å². The van der Waals surface area contributed by atoms with Crippen molar-refractivity contribution in [3.63, 3.8) is 0 Å². The summed E-state index contributed by atoms with van der Waals surface area (Å²) in [4.78, 5) is 0. The van der Waals surface area contributed by atoms with E-state index in [-0.39, 0.29) is 6.61 Å². The molecule has 0 bridgehead atoms. The molecule has 3 nitrogen and oxygen atoms in total. The Bertz CT molecular complexity index is 98.6. The molecule has 3 heteroatoms. The van der Waals surface area contributed by atoms with Crippen LogP contribution in [0.15, 0.2) is 24.7 Å². The van der Waals surface area contributed by atoms with Crippen molar-refractivity contribution in [1.29, 1.82) is 0 Å². The summed E-state index contributed by atoms with van der Waals surface area (Å²) in [5.41, 5.74) is 5.59. The van der Waals surface area contributed by atoms with Crippen molar-refractivity contribution in [1.82, 2.24) is 5.32 Å². The number of aliphatic hydroxyl groups is 1. The third kappa shape index (κ3) is 2.25. The molecule has 0 radical (unpaired) electrons. The summed E-state index contributed by atoms with van der Waals surface area (Å²) in [6.07, 6.45) is 2.75. The highest BCUT2D eigenvalue weighted by atomic mass is 16.3. The Kier molecular flexibility index (Phi) is 3.70. The van der Waals surface area contributed by atoms with E-state index >= 15 is 0 Å². The molecular weight excluding hydrogens is 104 g/mol. The van der Waals surface area contributed by atoms with E-state index in [9.17, 15) is 0 Å². The van der Waals surface area contributed by atoms with Gasteiger partial charge in [0.15, 0.2) is 0 Å². The molecule has 0 heterocycles. The third-order valence-electron chi connectivity index (χ3n) is 0.659. The largest absolute Gasteiger partial charge is 0.403 e. The van der Waals surface area contributed by atoms with Gasteiger partial charge in [0.1, 0.15) is 0 Å². The Morgan fingerprint density at radius 2 is 2.50 bits per heavy atom. The number of nitrogens with two attached hydrogens (primary N) is 1. The second-order valence-corrected chi connectivity index (χ2v) is 1.20. The van der Waals surface area contributed by atoms with E-state index < -0.39 is 0 Å². The van der Waals surface area contributed by atoms with E-state index in [2.05, 4.69) is 11.9 Å². The summed E-state index contributed by atoms with van der Waals surface area (Å²) >= 11 is 0. The van der Waals surface area contributed by atoms with E-state index in [0.29, 0.717) is 5.70 Å². The first-order valence-electron chi connectivity index (χ1n) is 2.24. The first kappa shape index (κ1) is 7.04. The van der Waals surface area contributed by atoms with Crippen molar-refractivity contribution < 1.29 is 5.11 Å². The quantitative estimate of drug-likeness (QED) is 0.464. The lowest BCUT2D eigenvalue weighted by Crippen LogP contribution is -2.09. The summed E-state index contributed by atoms with van der Waals surface area (Å²) in [5, 5.41) is 11.0. The molecule has 0 aliphatic carbocycles. The molecule has 0 spiro atoms. The lowest BCUT2D eigenvalue weighted by Gasteiger charge is -1.98. The Morgan fingerprint density at radius 1 is 1.88 bits per heavy atom. The average Bonchev–Trinajstić information content (AvgIpc) is 1.83. The second-order valence-electron chi connectivity index (χ2n) is 1.20. The second kappa shape index (κ2) is 4.21. The first-order valence-corrected chi connectivity index (χ1v) is 2.24. The maximum Gasteiger partial charge on any atom is 0.0845 e. The van der Waals surface area contributed by atoms with Crippen LogP contribution in [0.2, 0.25) is 0 Å². The molecule has 8 heavy (non-hydrogen) atoms.